The van der Waals surface area contributed by atoms with E-state index in [-0.39, 0.29) is 5.92 Å². The number of halogens is 2. The van der Waals surface area contributed by atoms with Crippen molar-refractivity contribution < 1.29 is 13.5 Å². The molecule has 1 aromatic heterocycles. The molecule has 32 heavy (non-hydrogen) atoms. The van der Waals surface area contributed by atoms with Gasteiger partial charge in [-0.25, -0.2) is 13.8 Å². The summed E-state index contributed by atoms with van der Waals surface area (Å²) in [5.74, 6) is 0.0183. The Kier molecular flexibility index (Phi) is 5.15. The number of nitrogens with one attached hydrogen (secondary N) is 2. The molecule has 4 bridgehead atoms. The molecule has 0 saturated heterocycles. The summed E-state index contributed by atoms with van der Waals surface area (Å²) in [4.78, 5) is 9.35. The molecule has 0 spiro atoms. The van der Waals surface area contributed by atoms with E-state index in [2.05, 4.69) is 21.7 Å². The molecule has 8 heteroatoms. The molecule has 2 aliphatic rings. The predicted molar refractivity (Wildman–Crippen MR) is 116 cm³/mol. The fourth-order valence-corrected chi connectivity index (χ4v) is 4.14. The number of rotatable bonds is 1. The lowest BCUT2D eigenvalue weighted by Crippen LogP contribution is -2.10. The summed E-state index contributed by atoms with van der Waals surface area (Å²) in [5, 5.41) is 15.8. The molecule has 0 saturated carbocycles. The SMILES string of the molecule is N#Cc1ccc2cc1OC/C=C\CNc1nc(nc3c1CCC3c1ccc(F)cc1F)N2. The van der Waals surface area contributed by atoms with Crippen LogP contribution >= 0.6 is 0 Å². The summed E-state index contributed by atoms with van der Waals surface area (Å²) in [6.07, 6.45) is 5.13. The highest BCUT2D eigenvalue weighted by atomic mass is 19.1. The zero-order valence-corrected chi connectivity index (χ0v) is 17.0. The van der Waals surface area contributed by atoms with Gasteiger partial charge in [0.15, 0.2) is 0 Å². The molecule has 0 amide bonds. The second kappa shape index (κ2) is 8.27. The normalized spacial score (nSPS) is 17.8. The van der Waals surface area contributed by atoms with Crippen LogP contribution in [0.1, 0.15) is 34.7 Å². The zero-order chi connectivity index (χ0) is 22.1. The first kappa shape index (κ1) is 19.9. The third-order valence-corrected chi connectivity index (χ3v) is 5.64. The lowest BCUT2D eigenvalue weighted by atomic mass is 9.96. The van der Waals surface area contributed by atoms with Crippen molar-refractivity contribution in [2.75, 3.05) is 23.8 Å². The first-order chi connectivity index (χ1) is 15.6. The van der Waals surface area contributed by atoms with Crippen LogP contribution in [0, 0.1) is 23.0 Å². The molecule has 2 aromatic carbocycles. The van der Waals surface area contributed by atoms with Crippen molar-refractivity contribution in [3.63, 3.8) is 0 Å². The van der Waals surface area contributed by atoms with E-state index in [0.29, 0.717) is 60.3 Å². The molecule has 0 radical (unpaired) electrons. The second-order valence-corrected chi connectivity index (χ2v) is 7.63. The molecule has 1 aliphatic heterocycles. The van der Waals surface area contributed by atoms with Crippen molar-refractivity contribution in [3.05, 3.63) is 82.6 Å². The van der Waals surface area contributed by atoms with Crippen LogP contribution in [0.4, 0.5) is 26.2 Å². The Morgan fingerprint density at radius 3 is 2.84 bits per heavy atom. The number of nitrogens with zero attached hydrogens (tertiary/aromatic N) is 3. The van der Waals surface area contributed by atoms with Gasteiger partial charge in [0.25, 0.3) is 0 Å². The molecular formula is C24H19F2N5O. The minimum Gasteiger partial charge on any atom is -0.488 e. The van der Waals surface area contributed by atoms with Crippen molar-refractivity contribution in [1.29, 1.82) is 5.26 Å². The van der Waals surface area contributed by atoms with Gasteiger partial charge in [-0.1, -0.05) is 12.1 Å². The highest BCUT2D eigenvalue weighted by molar-refractivity contribution is 5.63. The molecular weight excluding hydrogens is 412 g/mol. The monoisotopic (exact) mass is 431 g/mol. The Hall–Kier alpha value is -3.99. The van der Waals surface area contributed by atoms with Gasteiger partial charge in [0.05, 0.1) is 11.3 Å². The maximum atomic E-state index is 14.6. The first-order valence-electron chi connectivity index (χ1n) is 10.3. The summed E-state index contributed by atoms with van der Waals surface area (Å²) < 4.78 is 33.7. The van der Waals surface area contributed by atoms with E-state index in [9.17, 15) is 14.0 Å². The van der Waals surface area contributed by atoms with Crippen molar-refractivity contribution >= 4 is 17.5 Å². The molecule has 1 aliphatic carbocycles. The third-order valence-electron chi connectivity index (χ3n) is 5.64. The van der Waals surface area contributed by atoms with Crippen LogP contribution in [-0.4, -0.2) is 23.1 Å². The molecule has 1 atom stereocenters. The van der Waals surface area contributed by atoms with Crippen molar-refractivity contribution in [3.8, 4) is 11.8 Å². The quantitative estimate of drug-likeness (QED) is 0.538. The Labute approximate surface area is 183 Å². The Balaban J connectivity index is 1.59. The molecule has 2 heterocycles. The number of nitriles is 1. The maximum absolute atomic E-state index is 14.6. The molecule has 2 N–H and O–H groups in total. The summed E-state index contributed by atoms with van der Waals surface area (Å²) in [7, 11) is 0. The lowest BCUT2D eigenvalue weighted by Gasteiger charge is -2.16. The van der Waals surface area contributed by atoms with Gasteiger partial charge in [0, 0.05) is 35.8 Å². The van der Waals surface area contributed by atoms with Crippen LogP contribution in [0.5, 0.6) is 5.75 Å². The zero-order valence-electron chi connectivity index (χ0n) is 17.0. The first-order valence-corrected chi connectivity index (χ1v) is 10.3. The van der Waals surface area contributed by atoms with Crippen LogP contribution in [0.25, 0.3) is 0 Å². The fourth-order valence-electron chi connectivity index (χ4n) is 4.14. The lowest BCUT2D eigenvalue weighted by molar-refractivity contribution is 0.362. The minimum absolute atomic E-state index is 0.291. The average Bonchev–Trinajstić information content (AvgIpc) is 3.20. The van der Waals surface area contributed by atoms with Gasteiger partial charge in [-0.05, 0) is 42.7 Å². The molecule has 3 aromatic rings. The topological polar surface area (TPSA) is 82.9 Å². The summed E-state index contributed by atoms with van der Waals surface area (Å²) in [6, 6.07) is 10.9. The molecule has 1 unspecified atom stereocenters. The van der Waals surface area contributed by atoms with E-state index in [1.807, 2.05) is 12.2 Å². The van der Waals surface area contributed by atoms with Gasteiger partial charge in [-0.2, -0.15) is 10.2 Å². The van der Waals surface area contributed by atoms with Gasteiger partial charge in [-0.15, -0.1) is 0 Å². The maximum Gasteiger partial charge on any atom is 0.229 e. The summed E-state index contributed by atoms with van der Waals surface area (Å²) in [5.41, 5.74) is 3.17. The molecule has 6 nitrogen and oxygen atoms in total. The van der Waals surface area contributed by atoms with Gasteiger partial charge in [0.2, 0.25) is 5.95 Å². The summed E-state index contributed by atoms with van der Waals surface area (Å²) in [6.45, 7) is 0.845. The molecule has 5 rings (SSSR count). The van der Waals surface area contributed by atoms with E-state index in [4.69, 9.17) is 9.72 Å². The van der Waals surface area contributed by atoms with Crippen molar-refractivity contribution in [1.82, 2.24) is 9.97 Å². The van der Waals surface area contributed by atoms with Crippen LogP contribution in [0.15, 0.2) is 48.6 Å². The van der Waals surface area contributed by atoms with E-state index < -0.39 is 11.6 Å². The second-order valence-electron chi connectivity index (χ2n) is 7.63. The van der Waals surface area contributed by atoms with Gasteiger partial charge in [-0.3, -0.25) is 0 Å². The van der Waals surface area contributed by atoms with Crippen LogP contribution in [0.2, 0.25) is 0 Å². The molecule has 160 valence electrons. The van der Waals surface area contributed by atoms with E-state index in [1.54, 1.807) is 18.2 Å². The van der Waals surface area contributed by atoms with E-state index >= 15 is 0 Å². The average molecular weight is 431 g/mol. The van der Waals surface area contributed by atoms with Crippen LogP contribution < -0.4 is 15.4 Å². The van der Waals surface area contributed by atoms with E-state index in [0.717, 1.165) is 17.3 Å². The number of ether oxygens (including phenoxy) is 1. The number of benzene rings is 2. The van der Waals surface area contributed by atoms with Gasteiger partial charge < -0.3 is 15.4 Å². The number of aromatic nitrogens is 2. The predicted octanol–water partition coefficient (Wildman–Crippen LogP) is 4.81. The number of hydrogen-bond donors (Lipinski definition) is 2. The Morgan fingerprint density at radius 2 is 2.00 bits per heavy atom. The van der Waals surface area contributed by atoms with Crippen LogP contribution in [-0.2, 0) is 6.42 Å². The Morgan fingerprint density at radius 1 is 1.09 bits per heavy atom. The highest BCUT2D eigenvalue weighted by Crippen LogP contribution is 2.41. The minimum atomic E-state index is -0.604. The van der Waals surface area contributed by atoms with Crippen LogP contribution in [0.3, 0.4) is 0 Å². The smallest absolute Gasteiger partial charge is 0.229 e. The van der Waals surface area contributed by atoms with Gasteiger partial charge >= 0.3 is 0 Å². The standard InChI is InChI=1S/C24H19F2N5O/c25-15-4-6-17(20(26)11-15)18-7-8-19-22(18)30-24-29-16-5-3-14(13-27)21(12-16)32-10-2-1-9-28-23(19)31-24/h1-6,11-12,18H,7-10H2,(H2,28,29,30,31)/b2-1-. The largest absolute Gasteiger partial charge is 0.488 e. The number of fused-ring (bicyclic) bond motifs is 6. The third kappa shape index (κ3) is 3.73. The van der Waals surface area contributed by atoms with E-state index in [1.165, 1.54) is 12.1 Å². The Bertz CT molecular complexity index is 1270. The molecule has 0 fully saturated rings. The fraction of sp³-hybridized carbons (Fsp3) is 0.208. The van der Waals surface area contributed by atoms with Gasteiger partial charge in [0.1, 0.15) is 35.9 Å². The number of anilines is 3. The number of hydrogen-bond acceptors (Lipinski definition) is 6. The summed E-state index contributed by atoms with van der Waals surface area (Å²) >= 11 is 0. The van der Waals surface area contributed by atoms with Crippen molar-refractivity contribution in [2.45, 2.75) is 18.8 Å². The highest BCUT2D eigenvalue weighted by Gasteiger charge is 2.31. The van der Waals surface area contributed by atoms with Crippen molar-refractivity contribution in [2.24, 2.45) is 0 Å².